The molecule has 0 unspecified atom stereocenters. The number of rotatable bonds is 8. The van der Waals surface area contributed by atoms with E-state index >= 15 is 0 Å². The Labute approximate surface area is 157 Å². The first kappa shape index (κ1) is 20.7. The number of sulfonamides is 1. The third-order valence-corrected chi connectivity index (χ3v) is 5.34. The lowest BCUT2D eigenvalue weighted by Crippen LogP contribution is -2.31. The lowest BCUT2D eigenvalue weighted by Gasteiger charge is -2.19. The summed E-state index contributed by atoms with van der Waals surface area (Å²) in [6, 6.07) is 8.46. The molecule has 0 fully saturated rings. The van der Waals surface area contributed by atoms with E-state index in [0.29, 0.717) is 11.3 Å². The van der Waals surface area contributed by atoms with Crippen LogP contribution in [0.1, 0.15) is 18.0 Å². The van der Waals surface area contributed by atoms with Crippen molar-refractivity contribution in [1.29, 1.82) is 0 Å². The summed E-state index contributed by atoms with van der Waals surface area (Å²) in [4.78, 5) is 11.6. The molecule has 2 aromatic carbocycles. The van der Waals surface area contributed by atoms with Crippen molar-refractivity contribution in [2.75, 3.05) is 21.3 Å². The molecule has 0 amide bonds. The number of benzene rings is 2. The van der Waals surface area contributed by atoms with E-state index in [-0.39, 0.29) is 17.1 Å². The van der Waals surface area contributed by atoms with Gasteiger partial charge in [-0.25, -0.2) is 17.5 Å². The Bertz CT molecular complexity index is 899. The average Bonchev–Trinajstić information content (AvgIpc) is 2.67. The van der Waals surface area contributed by atoms with Crippen molar-refractivity contribution in [3.8, 4) is 11.5 Å². The zero-order chi connectivity index (χ0) is 20.0. The van der Waals surface area contributed by atoms with E-state index in [1.807, 2.05) is 0 Å². The van der Waals surface area contributed by atoms with Gasteiger partial charge in [0.25, 0.3) is 0 Å². The molecule has 0 aliphatic carbocycles. The van der Waals surface area contributed by atoms with E-state index in [2.05, 4.69) is 9.46 Å². The molecule has 0 saturated heterocycles. The Balaban J connectivity index is 2.40. The third kappa shape index (κ3) is 5.18. The normalized spacial score (nSPS) is 12.3. The molecule has 2 rings (SSSR count). The van der Waals surface area contributed by atoms with Crippen molar-refractivity contribution < 1.29 is 31.8 Å². The average molecular weight is 397 g/mol. The highest BCUT2D eigenvalue weighted by atomic mass is 32.2. The van der Waals surface area contributed by atoms with Gasteiger partial charge in [0.2, 0.25) is 10.0 Å². The topological polar surface area (TPSA) is 90.9 Å². The summed E-state index contributed by atoms with van der Waals surface area (Å²) in [5.74, 6) is -0.586. The van der Waals surface area contributed by atoms with Crippen LogP contribution >= 0.6 is 0 Å². The van der Waals surface area contributed by atoms with E-state index in [1.54, 1.807) is 0 Å². The number of halogens is 1. The molecule has 1 N–H and O–H groups in total. The van der Waals surface area contributed by atoms with Crippen LogP contribution in [-0.4, -0.2) is 35.7 Å². The third-order valence-electron chi connectivity index (χ3n) is 3.83. The van der Waals surface area contributed by atoms with Gasteiger partial charge >= 0.3 is 5.97 Å². The van der Waals surface area contributed by atoms with Crippen molar-refractivity contribution in [3.63, 3.8) is 0 Å². The van der Waals surface area contributed by atoms with Crippen molar-refractivity contribution in [2.45, 2.75) is 17.4 Å². The summed E-state index contributed by atoms with van der Waals surface area (Å²) in [6.07, 6.45) is -0.264. The number of hydrogen-bond acceptors (Lipinski definition) is 6. The molecular weight excluding hydrogens is 377 g/mol. The van der Waals surface area contributed by atoms with Crippen LogP contribution in [0.5, 0.6) is 11.5 Å². The summed E-state index contributed by atoms with van der Waals surface area (Å²) in [5, 5.41) is 0. The molecule has 0 saturated carbocycles. The standard InChI is InChI=1S/C18H20FNO6S/c1-24-14-8-9-17(16(10-14)25-2)27(22,23)20-15(11-18(21)26-3)12-4-6-13(19)7-5-12/h4-10,15,20H,11H2,1-3H3/t15-/m1/s1. The van der Waals surface area contributed by atoms with E-state index in [1.165, 1.54) is 63.8 Å². The van der Waals surface area contributed by atoms with Crippen LogP contribution in [0.4, 0.5) is 4.39 Å². The molecule has 0 spiro atoms. The van der Waals surface area contributed by atoms with E-state index in [0.717, 1.165) is 0 Å². The molecule has 146 valence electrons. The Morgan fingerprint density at radius 2 is 1.74 bits per heavy atom. The molecule has 9 heteroatoms. The van der Waals surface area contributed by atoms with Crippen molar-refractivity contribution in [3.05, 3.63) is 53.8 Å². The van der Waals surface area contributed by atoms with Crippen LogP contribution in [0.15, 0.2) is 47.4 Å². The highest BCUT2D eigenvalue weighted by molar-refractivity contribution is 7.89. The van der Waals surface area contributed by atoms with Crippen molar-refractivity contribution in [2.24, 2.45) is 0 Å². The SMILES string of the molecule is COC(=O)C[C@@H](NS(=O)(=O)c1ccc(OC)cc1OC)c1ccc(F)cc1. The van der Waals surface area contributed by atoms with Crippen LogP contribution in [0, 0.1) is 5.82 Å². The van der Waals surface area contributed by atoms with Crippen LogP contribution in [0.3, 0.4) is 0 Å². The summed E-state index contributed by atoms with van der Waals surface area (Å²) >= 11 is 0. The van der Waals surface area contributed by atoms with E-state index < -0.39 is 27.9 Å². The molecule has 0 bridgehead atoms. The number of carbonyl (C=O) groups excluding carboxylic acids is 1. The summed E-state index contributed by atoms with van der Waals surface area (Å²) < 4.78 is 56.2. The number of carbonyl (C=O) groups is 1. The monoisotopic (exact) mass is 397 g/mol. The van der Waals surface area contributed by atoms with Gasteiger partial charge in [-0.05, 0) is 29.8 Å². The van der Waals surface area contributed by atoms with Crippen LogP contribution in [0.2, 0.25) is 0 Å². The summed E-state index contributed by atoms with van der Waals surface area (Å²) in [6.45, 7) is 0. The predicted molar refractivity (Wildman–Crippen MR) is 95.6 cm³/mol. The fourth-order valence-electron chi connectivity index (χ4n) is 2.42. The molecule has 0 radical (unpaired) electrons. The Hall–Kier alpha value is -2.65. The molecular formula is C18H20FNO6S. The quantitative estimate of drug-likeness (QED) is 0.688. The van der Waals surface area contributed by atoms with Gasteiger partial charge in [-0.15, -0.1) is 0 Å². The summed E-state index contributed by atoms with van der Waals surface area (Å²) in [7, 11) is -0.0924. The smallest absolute Gasteiger partial charge is 0.307 e. The Morgan fingerprint density at radius 1 is 1.07 bits per heavy atom. The molecule has 7 nitrogen and oxygen atoms in total. The summed E-state index contributed by atoms with van der Waals surface area (Å²) in [5.41, 5.74) is 0.415. The maximum atomic E-state index is 13.2. The van der Waals surface area contributed by atoms with Crippen molar-refractivity contribution in [1.82, 2.24) is 4.72 Å². The van der Waals surface area contributed by atoms with E-state index in [4.69, 9.17) is 9.47 Å². The maximum absolute atomic E-state index is 13.2. The number of methoxy groups -OCH3 is 3. The van der Waals surface area contributed by atoms with Gasteiger partial charge in [0, 0.05) is 6.07 Å². The number of ether oxygens (including phenoxy) is 3. The van der Waals surface area contributed by atoms with Gasteiger partial charge in [-0.1, -0.05) is 12.1 Å². The lowest BCUT2D eigenvalue weighted by atomic mass is 10.1. The molecule has 0 aliphatic rings. The number of hydrogen-bond donors (Lipinski definition) is 1. The molecule has 0 aromatic heterocycles. The van der Waals surface area contributed by atoms with Gasteiger partial charge < -0.3 is 14.2 Å². The molecule has 0 heterocycles. The van der Waals surface area contributed by atoms with Gasteiger partial charge in [0.15, 0.2) is 0 Å². The number of esters is 1. The Morgan fingerprint density at radius 3 is 2.30 bits per heavy atom. The minimum atomic E-state index is -4.07. The number of nitrogens with one attached hydrogen (secondary N) is 1. The van der Waals surface area contributed by atoms with E-state index in [9.17, 15) is 17.6 Å². The zero-order valence-electron chi connectivity index (χ0n) is 15.1. The largest absolute Gasteiger partial charge is 0.497 e. The Kier molecular flexibility index (Phi) is 6.75. The maximum Gasteiger partial charge on any atom is 0.307 e. The first-order valence-corrected chi connectivity index (χ1v) is 9.35. The molecule has 2 aromatic rings. The molecule has 1 atom stereocenters. The van der Waals surface area contributed by atoms with Crippen LogP contribution < -0.4 is 14.2 Å². The second-order valence-corrected chi connectivity index (χ2v) is 7.20. The first-order valence-electron chi connectivity index (χ1n) is 7.87. The fourth-order valence-corrected chi connectivity index (χ4v) is 3.80. The van der Waals surface area contributed by atoms with Crippen LogP contribution in [0.25, 0.3) is 0 Å². The molecule has 27 heavy (non-hydrogen) atoms. The first-order chi connectivity index (χ1) is 12.8. The van der Waals surface area contributed by atoms with Gasteiger partial charge in [0.05, 0.1) is 33.8 Å². The minimum Gasteiger partial charge on any atom is -0.497 e. The van der Waals surface area contributed by atoms with Crippen LogP contribution in [-0.2, 0) is 19.6 Å². The second-order valence-electron chi connectivity index (χ2n) is 5.52. The van der Waals surface area contributed by atoms with Gasteiger partial charge in [0.1, 0.15) is 22.2 Å². The minimum absolute atomic E-state index is 0.0813. The highest BCUT2D eigenvalue weighted by Gasteiger charge is 2.27. The lowest BCUT2D eigenvalue weighted by molar-refractivity contribution is -0.141. The fraction of sp³-hybridized carbons (Fsp3) is 0.278. The van der Waals surface area contributed by atoms with Gasteiger partial charge in [-0.3, -0.25) is 4.79 Å². The zero-order valence-corrected chi connectivity index (χ0v) is 15.9. The predicted octanol–water partition coefficient (Wildman–Crippen LogP) is 2.43. The van der Waals surface area contributed by atoms with Gasteiger partial charge in [-0.2, -0.15) is 0 Å². The van der Waals surface area contributed by atoms with Crippen molar-refractivity contribution >= 4 is 16.0 Å². The second kappa shape index (κ2) is 8.83. The molecule has 0 aliphatic heterocycles. The highest BCUT2D eigenvalue weighted by Crippen LogP contribution is 2.30.